The summed E-state index contributed by atoms with van der Waals surface area (Å²) in [6.07, 6.45) is 0. The molecule has 0 unspecified atom stereocenters. The van der Waals surface area contributed by atoms with Crippen molar-refractivity contribution in [1.82, 2.24) is 5.06 Å². The third kappa shape index (κ3) is 3.63. The molecule has 0 saturated carbocycles. The van der Waals surface area contributed by atoms with Crippen LogP contribution in [0.3, 0.4) is 0 Å². The van der Waals surface area contributed by atoms with Gasteiger partial charge in [-0.25, -0.2) is 9.86 Å². The fourth-order valence-electron chi connectivity index (χ4n) is 1.81. The number of hydroxylamine groups is 2. The molecule has 2 amide bonds. The van der Waals surface area contributed by atoms with Crippen LogP contribution in [0.2, 0.25) is 5.02 Å². The van der Waals surface area contributed by atoms with Crippen molar-refractivity contribution in [1.29, 1.82) is 0 Å². The molecular weight excluding hydrogens is 304 g/mol. The minimum atomic E-state index is -0.444. The van der Waals surface area contributed by atoms with Crippen LogP contribution in [-0.2, 0) is 4.84 Å². The number of anilines is 1. The minimum absolute atomic E-state index is 0.169. The van der Waals surface area contributed by atoms with E-state index >= 15 is 0 Å². The summed E-state index contributed by atoms with van der Waals surface area (Å²) in [5.74, 6) is -0.169. The molecule has 0 atom stereocenters. The molecular formula is C16H15ClN2O3. The highest BCUT2D eigenvalue weighted by atomic mass is 35.5. The van der Waals surface area contributed by atoms with Crippen LogP contribution in [0.5, 0.6) is 0 Å². The number of carbonyl (C=O) groups is 2. The first-order valence-corrected chi connectivity index (χ1v) is 6.89. The Labute approximate surface area is 133 Å². The molecule has 0 spiro atoms. The standard InChI is InChI=1S/C16H15ClN2O3/c1-19(22-2)16(21)18-12-8-9-13(14(17)10-12)15(20)11-6-4-3-5-7-11/h3-10H,1-2H3,(H,18,21). The van der Waals surface area contributed by atoms with E-state index in [1.165, 1.54) is 20.2 Å². The van der Waals surface area contributed by atoms with Crippen LogP contribution in [0.4, 0.5) is 10.5 Å². The third-order valence-corrected chi connectivity index (χ3v) is 3.37. The van der Waals surface area contributed by atoms with Crippen LogP contribution >= 0.6 is 11.6 Å². The van der Waals surface area contributed by atoms with Gasteiger partial charge in [-0.1, -0.05) is 41.9 Å². The van der Waals surface area contributed by atoms with Gasteiger partial charge in [-0.05, 0) is 18.2 Å². The van der Waals surface area contributed by atoms with Crippen LogP contribution in [-0.4, -0.2) is 31.0 Å². The highest BCUT2D eigenvalue weighted by Gasteiger charge is 2.14. The van der Waals surface area contributed by atoms with E-state index in [9.17, 15) is 9.59 Å². The van der Waals surface area contributed by atoms with Gasteiger partial charge in [0.05, 0.1) is 12.1 Å². The maximum Gasteiger partial charge on any atom is 0.345 e. The second-order valence-electron chi connectivity index (χ2n) is 4.50. The Kier molecular flexibility index (Phi) is 5.14. The maximum absolute atomic E-state index is 12.4. The summed E-state index contributed by atoms with van der Waals surface area (Å²) in [6.45, 7) is 0. The molecule has 0 heterocycles. The summed E-state index contributed by atoms with van der Waals surface area (Å²) in [7, 11) is 2.86. The first kappa shape index (κ1) is 16.0. The fraction of sp³-hybridized carbons (Fsp3) is 0.125. The summed E-state index contributed by atoms with van der Waals surface area (Å²) in [6, 6.07) is 13.1. The number of carbonyl (C=O) groups excluding carboxylic acids is 2. The third-order valence-electron chi connectivity index (χ3n) is 3.06. The van der Waals surface area contributed by atoms with Gasteiger partial charge >= 0.3 is 6.03 Å². The molecule has 5 nitrogen and oxygen atoms in total. The van der Waals surface area contributed by atoms with Crippen molar-refractivity contribution in [3.8, 4) is 0 Å². The molecule has 0 fully saturated rings. The van der Waals surface area contributed by atoms with Gasteiger partial charge < -0.3 is 5.32 Å². The van der Waals surface area contributed by atoms with Crippen molar-refractivity contribution in [2.24, 2.45) is 0 Å². The van der Waals surface area contributed by atoms with Crippen molar-refractivity contribution < 1.29 is 14.4 Å². The van der Waals surface area contributed by atoms with E-state index in [4.69, 9.17) is 16.4 Å². The Morgan fingerprint density at radius 2 is 1.82 bits per heavy atom. The normalized spacial score (nSPS) is 10.1. The number of urea groups is 1. The molecule has 6 heteroatoms. The van der Waals surface area contributed by atoms with Crippen LogP contribution in [0.1, 0.15) is 15.9 Å². The number of amides is 2. The molecule has 0 bridgehead atoms. The molecule has 0 saturated heterocycles. The highest BCUT2D eigenvalue weighted by Crippen LogP contribution is 2.23. The fourth-order valence-corrected chi connectivity index (χ4v) is 2.07. The molecule has 2 aromatic carbocycles. The predicted molar refractivity (Wildman–Crippen MR) is 85.1 cm³/mol. The number of nitrogens with one attached hydrogen (secondary N) is 1. The lowest BCUT2D eigenvalue weighted by Crippen LogP contribution is -2.30. The smallest absolute Gasteiger partial charge is 0.306 e. The second kappa shape index (κ2) is 7.06. The van der Waals surface area contributed by atoms with Gasteiger partial charge in [0.1, 0.15) is 0 Å². The van der Waals surface area contributed by atoms with Gasteiger partial charge in [-0.15, -0.1) is 0 Å². The lowest BCUT2D eigenvalue weighted by atomic mass is 10.0. The largest absolute Gasteiger partial charge is 0.345 e. The summed E-state index contributed by atoms with van der Waals surface area (Å²) in [4.78, 5) is 28.8. The summed E-state index contributed by atoms with van der Waals surface area (Å²) in [5, 5.41) is 3.91. The number of hydrogen-bond acceptors (Lipinski definition) is 3. The molecule has 114 valence electrons. The molecule has 0 aliphatic carbocycles. The van der Waals surface area contributed by atoms with E-state index in [1.54, 1.807) is 36.4 Å². The molecule has 2 aromatic rings. The van der Waals surface area contributed by atoms with Crippen LogP contribution in [0.25, 0.3) is 0 Å². The maximum atomic E-state index is 12.4. The topological polar surface area (TPSA) is 58.6 Å². The predicted octanol–water partition coefficient (Wildman–Crippen LogP) is 3.60. The Balaban J connectivity index is 2.20. The summed E-state index contributed by atoms with van der Waals surface area (Å²) < 4.78 is 0. The SMILES string of the molecule is CON(C)C(=O)Nc1ccc(C(=O)c2ccccc2)c(Cl)c1. The monoisotopic (exact) mass is 318 g/mol. The van der Waals surface area contributed by atoms with Crippen molar-refractivity contribution >= 4 is 29.1 Å². The first-order valence-electron chi connectivity index (χ1n) is 6.51. The quantitative estimate of drug-likeness (QED) is 0.692. The number of rotatable bonds is 4. The van der Waals surface area contributed by atoms with Crippen molar-refractivity contribution in [3.05, 3.63) is 64.7 Å². The number of benzene rings is 2. The molecule has 1 N–H and O–H groups in total. The van der Waals surface area contributed by atoms with Gasteiger partial charge in [0.15, 0.2) is 5.78 Å². The Morgan fingerprint density at radius 3 is 2.41 bits per heavy atom. The number of halogens is 1. The number of ketones is 1. The summed E-state index contributed by atoms with van der Waals surface area (Å²) in [5.41, 5.74) is 1.41. The number of hydrogen-bond donors (Lipinski definition) is 1. The number of nitrogens with zero attached hydrogens (tertiary/aromatic N) is 1. The van der Waals surface area contributed by atoms with Gasteiger partial charge in [0.25, 0.3) is 0 Å². The van der Waals surface area contributed by atoms with E-state index in [0.717, 1.165) is 5.06 Å². The minimum Gasteiger partial charge on any atom is -0.306 e. The molecule has 2 rings (SSSR count). The Bertz CT molecular complexity index is 689. The molecule has 0 radical (unpaired) electrons. The highest BCUT2D eigenvalue weighted by molar-refractivity contribution is 6.35. The van der Waals surface area contributed by atoms with Crippen LogP contribution in [0.15, 0.2) is 48.5 Å². The van der Waals surface area contributed by atoms with Crippen molar-refractivity contribution in [2.45, 2.75) is 0 Å². The van der Waals surface area contributed by atoms with E-state index in [0.29, 0.717) is 16.8 Å². The summed E-state index contributed by atoms with van der Waals surface area (Å²) >= 11 is 6.15. The van der Waals surface area contributed by atoms with E-state index in [2.05, 4.69) is 5.32 Å². The van der Waals surface area contributed by atoms with Crippen LogP contribution < -0.4 is 5.32 Å². The van der Waals surface area contributed by atoms with Gasteiger partial charge in [0.2, 0.25) is 0 Å². The van der Waals surface area contributed by atoms with Crippen LogP contribution in [0, 0.1) is 0 Å². The van der Waals surface area contributed by atoms with E-state index < -0.39 is 6.03 Å². The van der Waals surface area contributed by atoms with Gasteiger partial charge in [-0.3, -0.25) is 9.63 Å². The average Bonchev–Trinajstić information content (AvgIpc) is 2.54. The zero-order valence-electron chi connectivity index (χ0n) is 12.2. The second-order valence-corrected chi connectivity index (χ2v) is 4.91. The van der Waals surface area contributed by atoms with E-state index in [-0.39, 0.29) is 10.8 Å². The van der Waals surface area contributed by atoms with E-state index in [1.807, 2.05) is 6.07 Å². The Hall–Kier alpha value is -2.37. The molecule has 0 aromatic heterocycles. The molecule has 0 aliphatic rings. The van der Waals surface area contributed by atoms with Crippen molar-refractivity contribution in [3.63, 3.8) is 0 Å². The molecule has 22 heavy (non-hydrogen) atoms. The lowest BCUT2D eigenvalue weighted by Gasteiger charge is -2.15. The molecule has 0 aliphatic heterocycles. The Morgan fingerprint density at radius 1 is 1.14 bits per heavy atom. The lowest BCUT2D eigenvalue weighted by molar-refractivity contribution is -0.0598. The zero-order valence-corrected chi connectivity index (χ0v) is 12.9. The van der Waals surface area contributed by atoms with Crippen molar-refractivity contribution in [2.75, 3.05) is 19.5 Å². The van der Waals surface area contributed by atoms with Gasteiger partial charge in [0, 0.05) is 23.9 Å². The average molecular weight is 319 g/mol. The van der Waals surface area contributed by atoms with Gasteiger partial charge in [-0.2, -0.15) is 0 Å². The zero-order chi connectivity index (χ0) is 16.1. The first-order chi connectivity index (χ1) is 10.5.